The van der Waals surface area contributed by atoms with Gasteiger partial charge < -0.3 is 9.66 Å². The van der Waals surface area contributed by atoms with Crippen LogP contribution in [0.5, 0.6) is 5.75 Å². The molecular formula is C33H47F5O3S. The van der Waals surface area contributed by atoms with Gasteiger partial charge in [0.05, 0.1) is 0 Å². The van der Waals surface area contributed by atoms with E-state index in [1.807, 2.05) is 26.8 Å². The number of rotatable bonds is 10. The molecule has 3 aliphatic carbocycles. The Morgan fingerprint density at radius 2 is 1.74 bits per heavy atom. The van der Waals surface area contributed by atoms with Gasteiger partial charge in [0, 0.05) is 24.7 Å². The van der Waals surface area contributed by atoms with Crippen molar-refractivity contribution >= 4 is 17.0 Å². The first-order valence-electron chi connectivity index (χ1n) is 15.4. The van der Waals surface area contributed by atoms with E-state index in [4.69, 9.17) is 0 Å². The fraction of sp³-hybridized carbons (Fsp3) is 0.788. The van der Waals surface area contributed by atoms with Crippen LogP contribution in [0.2, 0.25) is 0 Å². The number of benzene rings is 1. The molecule has 4 rings (SSSR count). The van der Waals surface area contributed by atoms with E-state index in [0.717, 1.165) is 44.1 Å². The van der Waals surface area contributed by atoms with Crippen molar-refractivity contribution < 1.29 is 36.4 Å². The molecule has 3 nitrogen and oxygen atoms in total. The normalized spacial score (nSPS) is 29.2. The molecule has 0 aromatic heterocycles. The lowest BCUT2D eigenvalue weighted by Crippen LogP contribution is -2.46. The average molecular weight is 619 g/mol. The molecule has 0 spiro atoms. The van der Waals surface area contributed by atoms with Gasteiger partial charge in [0.1, 0.15) is 22.0 Å². The van der Waals surface area contributed by atoms with Gasteiger partial charge in [-0.3, -0.25) is 4.79 Å². The number of alkyl halides is 5. The first kappa shape index (κ1) is 33.5. The van der Waals surface area contributed by atoms with Gasteiger partial charge in [-0.05, 0) is 129 Å². The van der Waals surface area contributed by atoms with Crippen molar-refractivity contribution in [3.63, 3.8) is 0 Å². The number of Topliss-reactive ketones (excluding diaryl/α,β-unsaturated/α-hetero) is 1. The Balaban J connectivity index is 1.46. The smallest absolute Gasteiger partial charge is 0.453 e. The fourth-order valence-electron chi connectivity index (χ4n) is 8.73. The van der Waals surface area contributed by atoms with Crippen LogP contribution in [0, 0.1) is 35.5 Å². The highest BCUT2D eigenvalue weighted by Gasteiger charge is 2.58. The number of phenols is 1. The number of aromatic hydroxyl groups is 1. The molecule has 2 fully saturated rings. The van der Waals surface area contributed by atoms with Crippen LogP contribution in [0.3, 0.4) is 0 Å². The van der Waals surface area contributed by atoms with Gasteiger partial charge in [0.15, 0.2) is 0 Å². The quantitative estimate of drug-likeness (QED) is 0.210. The predicted molar refractivity (Wildman–Crippen MR) is 156 cm³/mol. The summed E-state index contributed by atoms with van der Waals surface area (Å²) >= 11 is -1.57. The molecular weight excluding hydrogens is 571 g/mol. The Labute approximate surface area is 250 Å². The van der Waals surface area contributed by atoms with Gasteiger partial charge in [-0.2, -0.15) is 22.0 Å². The molecule has 0 saturated heterocycles. The summed E-state index contributed by atoms with van der Waals surface area (Å²) in [5.41, 5.74) is 2.86. The van der Waals surface area contributed by atoms with E-state index >= 15 is 0 Å². The minimum Gasteiger partial charge on any atom is -0.616 e. The number of ketones is 1. The summed E-state index contributed by atoms with van der Waals surface area (Å²) in [5.74, 6) is -2.89. The van der Waals surface area contributed by atoms with Gasteiger partial charge in [-0.25, -0.2) is 0 Å². The highest BCUT2D eigenvalue weighted by molar-refractivity contribution is 7.92. The maximum atomic E-state index is 13.3. The van der Waals surface area contributed by atoms with E-state index in [-0.39, 0.29) is 16.6 Å². The molecule has 1 unspecified atom stereocenters. The largest absolute Gasteiger partial charge is 0.616 e. The second-order valence-electron chi connectivity index (χ2n) is 15.0. The lowest BCUT2D eigenvalue weighted by atomic mass is 9.52. The van der Waals surface area contributed by atoms with E-state index in [9.17, 15) is 36.4 Å². The van der Waals surface area contributed by atoms with Crippen molar-refractivity contribution in [1.29, 1.82) is 0 Å². The van der Waals surface area contributed by atoms with Crippen LogP contribution in [0.1, 0.15) is 115 Å². The highest BCUT2D eigenvalue weighted by atomic mass is 32.2. The Hall–Kier alpha value is -1.35. The highest BCUT2D eigenvalue weighted by Crippen LogP contribution is 2.62. The predicted octanol–water partition coefficient (Wildman–Crippen LogP) is 9.05. The van der Waals surface area contributed by atoms with Crippen LogP contribution in [-0.2, 0) is 22.4 Å². The first-order valence-corrected chi connectivity index (χ1v) is 16.7. The van der Waals surface area contributed by atoms with Crippen molar-refractivity contribution in [2.45, 2.75) is 129 Å². The topological polar surface area (TPSA) is 60.4 Å². The van der Waals surface area contributed by atoms with Gasteiger partial charge in [-0.15, -0.1) is 0 Å². The monoisotopic (exact) mass is 618 g/mol. The van der Waals surface area contributed by atoms with Crippen molar-refractivity contribution in [3.05, 3.63) is 28.8 Å². The number of carbonyl (C=O) groups is 1. The Kier molecular flexibility index (Phi) is 9.21. The number of hydrogen-bond donors (Lipinski definition) is 1. The van der Waals surface area contributed by atoms with E-state index in [1.165, 1.54) is 11.1 Å². The molecule has 0 heterocycles. The molecule has 238 valence electrons. The maximum absolute atomic E-state index is 13.3. The van der Waals surface area contributed by atoms with Crippen LogP contribution in [0.25, 0.3) is 0 Å². The number of aryl methyl sites for hydroxylation is 1. The number of halogens is 5. The molecule has 1 aromatic carbocycles. The summed E-state index contributed by atoms with van der Waals surface area (Å²) in [7, 11) is 0. The molecule has 0 radical (unpaired) electrons. The minimum absolute atomic E-state index is 0.199. The van der Waals surface area contributed by atoms with Crippen LogP contribution < -0.4 is 0 Å². The van der Waals surface area contributed by atoms with Crippen LogP contribution in [-0.4, -0.2) is 38.0 Å². The summed E-state index contributed by atoms with van der Waals surface area (Å²) in [6.45, 7) is 11.9. The molecule has 1 aromatic rings. The van der Waals surface area contributed by atoms with Gasteiger partial charge >= 0.3 is 12.1 Å². The Morgan fingerprint density at radius 1 is 1.07 bits per heavy atom. The van der Waals surface area contributed by atoms with Crippen LogP contribution in [0.4, 0.5) is 22.0 Å². The Morgan fingerprint density at radius 3 is 2.38 bits per heavy atom. The Bertz CT molecular complexity index is 1160. The van der Waals surface area contributed by atoms with Gasteiger partial charge in [0.2, 0.25) is 0 Å². The molecule has 0 amide bonds. The summed E-state index contributed by atoms with van der Waals surface area (Å²) < 4.78 is 76.6. The summed E-state index contributed by atoms with van der Waals surface area (Å²) in [5, 5.41) is 10.5. The third kappa shape index (κ3) is 6.52. The minimum atomic E-state index is -5.59. The fourth-order valence-corrected chi connectivity index (χ4v) is 10.2. The third-order valence-electron chi connectivity index (χ3n) is 10.9. The number of fused-ring (bicyclic) bond motifs is 5. The van der Waals surface area contributed by atoms with Gasteiger partial charge in [0.25, 0.3) is 0 Å². The molecule has 6 atom stereocenters. The van der Waals surface area contributed by atoms with Crippen molar-refractivity contribution in [1.82, 2.24) is 0 Å². The molecule has 9 heteroatoms. The molecule has 0 aliphatic heterocycles. The zero-order valence-corrected chi connectivity index (χ0v) is 26.6. The second-order valence-corrected chi connectivity index (χ2v) is 17.2. The van der Waals surface area contributed by atoms with E-state index in [0.29, 0.717) is 48.0 Å². The summed E-state index contributed by atoms with van der Waals surface area (Å²) in [6, 6.07) is 4.06. The molecule has 42 heavy (non-hydrogen) atoms. The van der Waals surface area contributed by atoms with Crippen LogP contribution >= 0.6 is 0 Å². The molecule has 0 bridgehead atoms. The van der Waals surface area contributed by atoms with E-state index in [2.05, 4.69) is 26.8 Å². The maximum Gasteiger partial charge on any atom is 0.453 e. The van der Waals surface area contributed by atoms with Crippen molar-refractivity contribution in [2.75, 3.05) is 5.75 Å². The van der Waals surface area contributed by atoms with Crippen molar-refractivity contribution in [2.24, 2.45) is 28.6 Å². The standard InChI is InChI=1S/C33H47F5O3S/c1-20-16-24-22(18-26(20)39)17-21(28-23(24)11-14-31(6)25(28)8-9-27(31)40)10-13-29(2,3)19-30(4,5)42(41)15-7-12-32(34,35)33(36,37)38/h16,18,21,23,25,28,39H,7-15,17,19H2,1-6H3/t21-,23-,25+,28-,31+,42?/m1/s1. The number of hydrogen-bond acceptors (Lipinski definition) is 3. The molecule has 2 saturated carbocycles. The summed E-state index contributed by atoms with van der Waals surface area (Å²) in [6.07, 6.45) is -0.885. The third-order valence-corrected chi connectivity index (χ3v) is 12.9. The lowest BCUT2D eigenvalue weighted by molar-refractivity contribution is -0.284. The lowest BCUT2D eigenvalue weighted by Gasteiger charge is -2.52. The molecule has 1 N–H and O–H groups in total. The SMILES string of the molecule is Cc1cc2c(cc1O)C[C@@H](CCC(C)(C)CC(C)(C)[S+]([O-])CCCC(F)(F)C(F)(F)F)[C@@H]1[C@@H]2CC[C@]2(C)C(=O)CC[C@@H]12. The average Bonchev–Trinajstić information content (AvgIpc) is 3.16. The van der Waals surface area contributed by atoms with Crippen LogP contribution in [0.15, 0.2) is 12.1 Å². The van der Waals surface area contributed by atoms with E-state index < -0.39 is 40.9 Å². The number of carbonyl (C=O) groups excluding carboxylic acids is 1. The number of phenolic OH excluding ortho intramolecular Hbond substituents is 1. The zero-order chi connectivity index (χ0) is 31.5. The van der Waals surface area contributed by atoms with Gasteiger partial charge in [-0.1, -0.05) is 26.8 Å². The van der Waals surface area contributed by atoms with Crippen molar-refractivity contribution in [3.8, 4) is 5.75 Å². The first-order chi connectivity index (χ1) is 19.2. The zero-order valence-electron chi connectivity index (χ0n) is 25.8. The second kappa shape index (κ2) is 11.5. The summed E-state index contributed by atoms with van der Waals surface area (Å²) in [4.78, 5) is 13.0. The van der Waals surface area contributed by atoms with E-state index in [1.54, 1.807) is 0 Å². The molecule has 3 aliphatic rings.